The minimum atomic E-state index is -0.499. The average Bonchev–Trinajstić information content (AvgIpc) is 2.54. The number of amides is 2. The van der Waals surface area contributed by atoms with Crippen molar-refractivity contribution in [2.75, 3.05) is 12.4 Å². The minimum Gasteiger partial charge on any atom is -0.496 e. The van der Waals surface area contributed by atoms with Crippen LogP contribution in [0.5, 0.6) is 5.75 Å². The fourth-order valence-electron chi connectivity index (χ4n) is 2.12. The molecule has 2 amide bonds. The Morgan fingerprint density at radius 3 is 2.27 bits per heavy atom. The van der Waals surface area contributed by atoms with Gasteiger partial charge in [-0.25, -0.2) is 0 Å². The molecule has 0 fully saturated rings. The van der Waals surface area contributed by atoms with Gasteiger partial charge in [0, 0.05) is 16.8 Å². The number of aryl methyl sites for hydroxylation is 1. The molecule has 0 saturated carbocycles. The number of nitrogens with two attached hydrogens (primary N) is 1. The first-order chi connectivity index (χ1) is 10.5. The largest absolute Gasteiger partial charge is 0.496 e. The van der Waals surface area contributed by atoms with Gasteiger partial charge in [0.05, 0.1) is 7.11 Å². The van der Waals surface area contributed by atoms with Crippen molar-refractivity contribution in [1.29, 1.82) is 0 Å². The van der Waals surface area contributed by atoms with Crippen molar-refractivity contribution < 1.29 is 14.3 Å². The Kier molecular flexibility index (Phi) is 4.78. The molecule has 22 heavy (non-hydrogen) atoms. The maximum atomic E-state index is 12.3. The first-order valence-corrected chi connectivity index (χ1v) is 6.93. The van der Waals surface area contributed by atoms with E-state index in [0.29, 0.717) is 16.8 Å². The molecular formula is C17H18N2O3. The lowest BCUT2D eigenvalue weighted by atomic mass is 10.1. The predicted octanol–water partition coefficient (Wildman–Crippen LogP) is 2.61. The molecule has 2 rings (SSSR count). The van der Waals surface area contributed by atoms with E-state index in [0.717, 1.165) is 17.7 Å². The molecule has 5 heteroatoms. The Morgan fingerprint density at radius 1 is 1.09 bits per heavy atom. The first kappa shape index (κ1) is 15.6. The van der Waals surface area contributed by atoms with Crippen molar-refractivity contribution in [2.45, 2.75) is 13.3 Å². The summed E-state index contributed by atoms with van der Waals surface area (Å²) in [5, 5.41) is 2.78. The number of methoxy groups -OCH3 is 1. The van der Waals surface area contributed by atoms with Crippen molar-refractivity contribution in [2.24, 2.45) is 5.73 Å². The molecule has 0 heterocycles. The number of anilines is 1. The normalized spacial score (nSPS) is 10.1. The quantitative estimate of drug-likeness (QED) is 0.890. The maximum absolute atomic E-state index is 12.3. The van der Waals surface area contributed by atoms with Crippen molar-refractivity contribution in [1.82, 2.24) is 0 Å². The van der Waals surface area contributed by atoms with E-state index in [1.807, 2.05) is 13.0 Å². The lowest BCUT2D eigenvalue weighted by molar-refractivity contribution is 0.0998. The van der Waals surface area contributed by atoms with E-state index in [1.165, 1.54) is 0 Å². The van der Waals surface area contributed by atoms with Crippen LogP contribution in [0, 0.1) is 0 Å². The van der Waals surface area contributed by atoms with Crippen LogP contribution < -0.4 is 15.8 Å². The second-order valence-electron chi connectivity index (χ2n) is 4.78. The Balaban J connectivity index is 2.16. The summed E-state index contributed by atoms with van der Waals surface area (Å²) in [5.74, 6) is 0.0506. The second kappa shape index (κ2) is 6.76. The summed E-state index contributed by atoms with van der Waals surface area (Å²) in [5.41, 5.74) is 7.70. The molecule has 0 radical (unpaired) electrons. The number of benzene rings is 2. The summed E-state index contributed by atoms with van der Waals surface area (Å²) in [6.07, 6.45) is 0.775. The van der Waals surface area contributed by atoms with Crippen molar-refractivity contribution in [3.63, 3.8) is 0 Å². The zero-order valence-electron chi connectivity index (χ0n) is 12.6. The van der Waals surface area contributed by atoms with E-state index in [1.54, 1.807) is 43.5 Å². The van der Waals surface area contributed by atoms with Gasteiger partial charge >= 0.3 is 0 Å². The third-order valence-corrected chi connectivity index (χ3v) is 3.35. The van der Waals surface area contributed by atoms with Crippen LogP contribution in [0.2, 0.25) is 0 Å². The molecular weight excluding hydrogens is 280 g/mol. The highest BCUT2D eigenvalue weighted by atomic mass is 16.5. The molecule has 3 N–H and O–H groups in total. The fraction of sp³-hybridized carbons (Fsp3) is 0.176. The van der Waals surface area contributed by atoms with Gasteiger partial charge in [0.1, 0.15) is 5.75 Å². The second-order valence-corrected chi connectivity index (χ2v) is 4.78. The summed E-state index contributed by atoms with van der Waals surface area (Å²) >= 11 is 0. The van der Waals surface area contributed by atoms with Crippen LogP contribution in [-0.2, 0) is 6.42 Å². The number of ether oxygens (including phenoxy) is 1. The standard InChI is InChI=1S/C17H18N2O3/c1-3-11-10-13(6-9-15(11)22-2)17(21)19-14-7-4-12(5-8-14)16(18)20/h4-10H,3H2,1-2H3,(H2,18,20)(H,19,21). The summed E-state index contributed by atoms with van der Waals surface area (Å²) in [6, 6.07) is 11.7. The molecule has 0 saturated heterocycles. The first-order valence-electron chi connectivity index (χ1n) is 6.93. The number of nitrogens with one attached hydrogen (secondary N) is 1. The molecule has 0 aliphatic rings. The zero-order chi connectivity index (χ0) is 16.1. The maximum Gasteiger partial charge on any atom is 0.255 e. The molecule has 0 aromatic heterocycles. The lowest BCUT2D eigenvalue weighted by Gasteiger charge is -2.10. The molecule has 2 aromatic rings. The Morgan fingerprint density at radius 2 is 1.73 bits per heavy atom. The summed E-state index contributed by atoms with van der Waals surface area (Å²) in [6.45, 7) is 2.00. The summed E-state index contributed by atoms with van der Waals surface area (Å²) < 4.78 is 5.25. The van der Waals surface area contributed by atoms with Crippen molar-refractivity contribution in [3.05, 3.63) is 59.2 Å². The molecule has 114 valence electrons. The van der Waals surface area contributed by atoms with Gasteiger partial charge in [-0.05, 0) is 54.4 Å². The van der Waals surface area contributed by atoms with E-state index in [4.69, 9.17) is 10.5 Å². The highest BCUT2D eigenvalue weighted by Crippen LogP contribution is 2.21. The minimum absolute atomic E-state index is 0.218. The van der Waals surface area contributed by atoms with Gasteiger partial charge in [0.2, 0.25) is 5.91 Å². The molecule has 2 aromatic carbocycles. The fourth-order valence-corrected chi connectivity index (χ4v) is 2.12. The van der Waals surface area contributed by atoms with Gasteiger partial charge in [-0.3, -0.25) is 9.59 Å². The predicted molar refractivity (Wildman–Crippen MR) is 85.3 cm³/mol. The number of hydrogen-bond acceptors (Lipinski definition) is 3. The molecule has 0 unspecified atom stereocenters. The van der Waals surface area contributed by atoms with Crippen LogP contribution >= 0.6 is 0 Å². The monoisotopic (exact) mass is 298 g/mol. The summed E-state index contributed by atoms with van der Waals surface area (Å²) in [4.78, 5) is 23.3. The van der Waals surface area contributed by atoms with Crippen LogP contribution in [0.15, 0.2) is 42.5 Å². The summed E-state index contributed by atoms with van der Waals surface area (Å²) in [7, 11) is 1.61. The van der Waals surface area contributed by atoms with E-state index in [2.05, 4.69) is 5.32 Å². The Bertz CT molecular complexity index is 694. The molecule has 0 spiro atoms. The average molecular weight is 298 g/mol. The van der Waals surface area contributed by atoms with Gasteiger partial charge in [0.15, 0.2) is 0 Å². The lowest BCUT2D eigenvalue weighted by Crippen LogP contribution is -2.13. The number of carbonyl (C=O) groups is 2. The Labute approximate surface area is 129 Å². The third kappa shape index (κ3) is 3.44. The topological polar surface area (TPSA) is 81.4 Å². The van der Waals surface area contributed by atoms with E-state index in [9.17, 15) is 9.59 Å². The van der Waals surface area contributed by atoms with Gasteiger partial charge < -0.3 is 15.8 Å². The van der Waals surface area contributed by atoms with Gasteiger partial charge in [0.25, 0.3) is 5.91 Å². The van der Waals surface area contributed by atoms with E-state index >= 15 is 0 Å². The van der Waals surface area contributed by atoms with Crippen LogP contribution in [0.25, 0.3) is 0 Å². The SMILES string of the molecule is CCc1cc(C(=O)Nc2ccc(C(N)=O)cc2)ccc1OC. The number of rotatable bonds is 5. The molecule has 0 aliphatic carbocycles. The van der Waals surface area contributed by atoms with E-state index in [-0.39, 0.29) is 5.91 Å². The van der Waals surface area contributed by atoms with Crippen LogP contribution in [0.1, 0.15) is 33.2 Å². The van der Waals surface area contributed by atoms with Crippen LogP contribution in [0.4, 0.5) is 5.69 Å². The highest BCUT2D eigenvalue weighted by Gasteiger charge is 2.10. The van der Waals surface area contributed by atoms with Gasteiger partial charge in [-0.15, -0.1) is 0 Å². The van der Waals surface area contributed by atoms with Crippen LogP contribution in [-0.4, -0.2) is 18.9 Å². The molecule has 0 bridgehead atoms. The zero-order valence-corrected chi connectivity index (χ0v) is 12.6. The van der Waals surface area contributed by atoms with Crippen molar-refractivity contribution in [3.8, 4) is 5.75 Å². The van der Waals surface area contributed by atoms with Gasteiger partial charge in [-0.2, -0.15) is 0 Å². The number of hydrogen-bond donors (Lipinski definition) is 2. The smallest absolute Gasteiger partial charge is 0.255 e. The number of carbonyl (C=O) groups excluding carboxylic acids is 2. The molecule has 5 nitrogen and oxygen atoms in total. The van der Waals surface area contributed by atoms with E-state index < -0.39 is 5.91 Å². The van der Waals surface area contributed by atoms with Gasteiger partial charge in [-0.1, -0.05) is 6.92 Å². The van der Waals surface area contributed by atoms with Crippen molar-refractivity contribution >= 4 is 17.5 Å². The molecule has 0 aliphatic heterocycles. The van der Waals surface area contributed by atoms with Crippen LogP contribution in [0.3, 0.4) is 0 Å². The highest BCUT2D eigenvalue weighted by molar-refractivity contribution is 6.04. The third-order valence-electron chi connectivity index (χ3n) is 3.35. The molecule has 0 atom stereocenters. The Hall–Kier alpha value is -2.82. The number of primary amides is 1.